The van der Waals surface area contributed by atoms with Crippen LogP contribution in [0.1, 0.15) is 18.2 Å². The molecular weight excluding hydrogens is 319 g/mol. The van der Waals surface area contributed by atoms with Gasteiger partial charge in [0.25, 0.3) is 0 Å². The molecule has 0 aliphatic heterocycles. The quantitative estimate of drug-likeness (QED) is 0.802. The molecule has 2 aromatic rings. The number of halogens is 1. The van der Waals surface area contributed by atoms with Crippen molar-refractivity contribution in [1.29, 1.82) is 0 Å². The highest BCUT2D eigenvalue weighted by Gasteiger charge is 2.11. The maximum absolute atomic E-state index is 13.1. The SMILES string of the molecule is CCOc1cccc(CCNS(=O)(=O)Cc2cccc(F)c2)n1. The van der Waals surface area contributed by atoms with Crippen molar-refractivity contribution in [3.05, 3.63) is 59.5 Å². The molecular formula is C16H19FN2O3S. The molecule has 1 aromatic heterocycles. The van der Waals surface area contributed by atoms with Crippen molar-refractivity contribution < 1.29 is 17.5 Å². The van der Waals surface area contributed by atoms with Crippen molar-refractivity contribution in [2.24, 2.45) is 0 Å². The predicted molar refractivity (Wildman–Crippen MR) is 86.1 cm³/mol. The van der Waals surface area contributed by atoms with Gasteiger partial charge in [0.1, 0.15) is 5.82 Å². The molecule has 0 aliphatic carbocycles. The monoisotopic (exact) mass is 338 g/mol. The van der Waals surface area contributed by atoms with Crippen LogP contribution in [0.2, 0.25) is 0 Å². The van der Waals surface area contributed by atoms with Gasteiger partial charge in [0, 0.05) is 24.7 Å². The minimum atomic E-state index is -3.52. The van der Waals surface area contributed by atoms with E-state index in [-0.39, 0.29) is 12.3 Å². The minimum absolute atomic E-state index is 0.222. The zero-order chi connectivity index (χ0) is 16.7. The lowest BCUT2D eigenvalue weighted by molar-refractivity contribution is 0.326. The summed E-state index contributed by atoms with van der Waals surface area (Å²) in [5, 5.41) is 0. The smallest absolute Gasteiger partial charge is 0.215 e. The lowest BCUT2D eigenvalue weighted by Crippen LogP contribution is -2.27. The summed E-state index contributed by atoms with van der Waals surface area (Å²) in [5.74, 6) is -0.181. The molecule has 0 aliphatic rings. The Bertz CT molecular complexity index is 750. The fraction of sp³-hybridized carbons (Fsp3) is 0.312. The van der Waals surface area contributed by atoms with Crippen molar-refractivity contribution in [2.45, 2.75) is 19.1 Å². The summed E-state index contributed by atoms with van der Waals surface area (Å²) in [5.41, 5.74) is 1.15. The molecule has 1 N–H and O–H groups in total. The fourth-order valence-electron chi connectivity index (χ4n) is 2.06. The van der Waals surface area contributed by atoms with Crippen molar-refractivity contribution >= 4 is 10.0 Å². The number of nitrogens with one attached hydrogen (secondary N) is 1. The topological polar surface area (TPSA) is 68.3 Å². The number of nitrogens with zero attached hydrogens (tertiary/aromatic N) is 1. The number of hydrogen-bond acceptors (Lipinski definition) is 4. The van der Waals surface area contributed by atoms with Crippen LogP contribution in [0.15, 0.2) is 42.5 Å². The van der Waals surface area contributed by atoms with Gasteiger partial charge in [0.05, 0.1) is 12.4 Å². The summed E-state index contributed by atoms with van der Waals surface area (Å²) in [7, 11) is -3.52. The molecule has 0 atom stereocenters. The van der Waals surface area contributed by atoms with Crippen LogP contribution in [0.3, 0.4) is 0 Å². The first kappa shape index (κ1) is 17.4. The molecule has 0 saturated carbocycles. The van der Waals surface area contributed by atoms with E-state index in [1.165, 1.54) is 18.2 Å². The zero-order valence-corrected chi connectivity index (χ0v) is 13.6. The molecule has 0 bridgehead atoms. The third kappa shape index (κ3) is 5.96. The van der Waals surface area contributed by atoms with Gasteiger partial charge in [-0.1, -0.05) is 18.2 Å². The molecule has 2 rings (SSSR count). The minimum Gasteiger partial charge on any atom is -0.478 e. The molecule has 23 heavy (non-hydrogen) atoms. The van der Waals surface area contributed by atoms with Gasteiger partial charge in [0.15, 0.2) is 0 Å². The Labute approximate surface area is 135 Å². The van der Waals surface area contributed by atoms with Gasteiger partial charge >= 0.3 is 0 Å². The first-order valence-electron chi connectivity index (χ1n) is 7.29. The first-order chi connectivity index (χ1) is 11.0. The Hall–Kier alpha value is -1.99. The Morgan fingerprint density at radius 3 is 2.74 bits per heavy atom. The van der Waals surface area contributed by atoms with Gasteiger partial charge in [-0.15, -0.1) is 0 Å². The largest absolute Gasteiger partial charge is 0.478 e. The van der Waals surface area contributed by atoms with Gasteiger partial charge in [-0.25, -0.2) is 22.5 Å². The van der Waals surface area contributed by atoms with Crippen molar-refractivity contribution in [3.8, 4) is 5.88 Å². The van der Waals surface area contributed by atoms with E-state index in [1.54, 1.807) is 12.1 Å². The van der Waals surface area contributed by atoms with Crippen LogP contribution < -0.4 is 9.46 Å². The predicted octanol–water partition coefficient (Wildman–Crippen LogP) is 2.28. The maximum atomic E-state index is 13.1. The number of rotatable bonds is 8. The summed E-state index contributed by atoms with van der Waals surface area (Å²) in [4.78, 5) is 4.27. The lowest BCUT2D eigenvalue weighted by Gasteiger charge is -2.08. The van der Waals surface area contributed by atoms with E-state index in [2.05, 4.69) is 9.71 Å². The zero-order valence-electron chi connectivity index (χ0n) is 12.8. The van der Waals surface area contributed by atoms with E-state index in [0.29, 0.717) is 24.5 Å². The number of hydrogen-bond donors (Lipinski definition) is 1. The number of benzene rings is 1. The van der Waals surface area contributed by atoms with E-state index in [0.717, 1.165) is 5.69 Å². The van der Waals surface area contributed by atoms with Crippen LogP contribution in [0.4, 0.5) is 4.39 Å². The molecule has 0 amide bonds. The Morgan fingerprint density at radius 2 is 2.00 bits per heavy atom. The molecule has 0 fully saturated rings. The van der Waals surface area contributed by atoms with Gasteiger partial charge in [0.2, 0.25) is 15.9 Å². The van der Waals surface area contributed by atoms with Crippen molar-refractivity contribution in [3.63, 3.8) is 0 Å². The van der Waals surface area contributed by atoms with E-state index >= 15 is 0 Å². The number of aromatic nitrogens is 1. The van der Waals surface area contributed by atoms with Crippen LogP contribution in [0, 0.1) is 5.82 Å². The van der Waals surface area contributed by atoms with Crippen LogP contribution in [0.25, 0.3) is 0 Å². The molecule has 1 heterocycles. The summed E-state index contributed by atoms with van der Waals surface area (Å²) >= 11 is 0. The van der Waals surface area contributed by atoms with Gasteiger partial charge in [-0.2, -0.15) is 0 Å². The van der Waals surface area contributed by atoms with Crippen molar-refractivity contribution in [1.82, 2.24) is 9.71 Å². The number of sulfonamides is 1. The second kappa shape index (κ2) is 8.03. The summed E-state index contributed by atoms with van der Waals surface area (Å²) in [6.45, 7) is 2.62. The van der Waals surface area contributed by atoms with Crippen LogP contribution in [0.5, 0.6) is 5.88 Å². The molecule has 0 spiro atoms. The molecule has 124 valence electrons. The molecule has 0 saturated heterocycles. The molecule has 0 unspecified atom stereocenters. The highest BCUT2D eigenvalue weighted by molar-refractivity contribution is 7.88. The van der Waals surface area contributed by atoms with Crippen LogP contribution >= 0.6 is 0 Å². The normalized spacial score (nSPS) is 11.4. The van der Waals surface area contributed by atoms with E-state index in [4.69, 9.17) is 4.74 Å². The lowest BCUT2D eigenvalue weighted by atomic mass is 10.2. The standard InChI is InChI=1S/C16H19FN2O3S/c1-2-22-16-8-4-7-15(19-16)9-10-18-23(20,21)12-13-5-3-6-14(17)11-13/h3-8,11,18H,2,9-10,12H2,1H3. The maximum Gasteiger partial charge on any atom is 0.215 e. The van der Waals surface area contributed by atoms with Crippen molar-refractivity contribution in [2.75, 3.05) is 13.2 Å². The number of pyridine rings is 1. The van der Waals surface area contributed by atoms with Gasteiger partial charge < -0.3 is 4.74 Å². The third-order valence-electron chi connectivity index (χ3n) is 3.02. The summed E-state index contributed by atoms with van der Waals surface area (Å²) < 4.78 is 44.9. The van der Waals surface area contributed by atoms with Gasteiger partial charge in [-0.3, -0.25) is 0 Å². The van der Waals surface area contributed by atoms with Crippen LogP contribution in [-0.2, 0) is 22.2 Å². The Balaban J connectivity index is 1.88. The average molecular weight is 338 g/mol. The van der Waals surface area contributed by atoms with Gasteiger partial charge in [-0.05, 0) is 30.7 Å². The van der Waals surface area contributed by atoms with E-state index in [1.807, 2.05) is 19.1 Å². The second-order valence-electron chi connectivity index (χ2n) is 4.93. The van der Waals surface area contributed by atoms with Crippen LogP contribution in [-0.4, -0.2) is 26.6 Å². The molecule has 7 heteroatoms. The number of ether oxygens (including phenoxy) is 1. The first-order valence-corrected chi connectivity index (χ1v) is 8.94. The highest BCUT2D eigenvalue weighted by Crippen LogP contribution is 2.09. The summed E-state index contributed by atoms with van der Waals surface area (Å²) in [6, 6.07) is 10.9. The summed E-state index contributed by atoms with van der Waals surface area (Å²) in [6.07, 6.45) is 0.448. The van der Waals surface area contributed by atoms with E-state index < -0.39 is 15.8 Å². The molecule has 5 nitrogen and oxygen atoms in total. The van der Waals surface area contributed by atoms with E-state index in [9.17, 15) is 12.8 Å². The average Bonchev–Trinajstić information content (AvgIpc) is 2.47. The Kier molecular flexibility index (Phi) is 6.06. The third-order valence-corrected chi connectivity index (χ3v) is 4.38. The molecule has 1 aromatic carbocycles. The fourth-order valence-corrected chi connectivity index (χ4v) is 3.19. The second-order valence-corrected chi connectivity index (χ2v) is 6.74. The molecule has 0 radical (unpaired) electrons. The Morgan fingerprint density at radius 1 is 1.22 bits per heavy atom. The highest BCUT2D eigenvalue weighted by atomic mass is 32.2.